The van der Waals surface area contributed by atoms with E-state index < -0.39 is 0 Å². The van der Waals surface area contributed by atoms with Gasteiger partial charge in [0.25, 0.3) is 5.56 Å². The van der Waals surface area contributed by atoms with Gasteiger partial charge in [0.1, 0.15) is 4.83 Å². The average Bonchev–Trinajstić information content (AvgIpc) is 3.04. The van der Waals surface area contributed by atoms with Crippen LogP contribution in [0.1, 0.15) is 49.5 Å². The number of nitrogens with one attached hydrogen (secondary N) is 1. The number of carbonyl (C=O) groups is 2. The molecule has 1 aliphatic rings. The van der Waals surface area contributed by atoms with E-state index in [1.807, 2.05) is 0 Å². The predicted octanol–water partition coefficient (Wildman–Crippen LogP) is 2.19. The summed E-state index contributed by atoms with van der Waals surface area (Å²) in [7, 11) is 0. The molecule has 8 heteroatoms. The molecule has 0 radical (unpaired) electrons. The van der Waals surface area contributed by atoms with Crippen molar-refractivity contribution in [2.24, 2.45) is 0 Å². The fourth-order valence-electron chi connectivity index (χ4n) is 3.34. The van der Waals surface area contributed by atoms with Crippen LogP contribution in [0.5, 0.6) is 0 Å². The Morgan fingerprint density at radius 3 is 2.93 bits per heavy atom. The summed E-state index contributed by atoms with van der Waals surface area (Å²) < 4.78 is 6.37. The van der Waals surface area contributed by atoms with E-state index in [0.29, 0.717) is 26.1 Å². The summed E-state index contributed by atoms with van der Waals surface area (Å²) in [4.78, 5) is 42.6. The smallest absolute Gasteiger partial charge is 0.305 e. The fourth-order valence-corrected chi connectivity index (χ4v) is 4.56. The predicted molar refractivity (Wildman–Crippen MR) is 104 cm³/mol. The lowest BCUT2D eigenvalue weighted by atomic mass is 9.97. The first kappa shape index (κ1) is 19.5. The lowest BCUT2D eigenvalue weighted by molar-refractivity contribution is -0.143. The van der Waals surface area contributed by atoms with Crippen LogP contribution < -0.4 is 10.9 Å². The van der Waals surface area contributed by atoms with Crippen LogP contribution in [0.25, 0.3) is 10.2 Å². The molecule has 0 aliphatic heterocycles. The molecule has 146 valence electrons. The summed E-state index contributed by atoms with van der Waals surface area (Å²) in [6.45, 7) is 2.85. The highest BCUT2D eigenvalue weighted by Crippen LogP contribution is 2.33. The Labute approximate surface area is 161 Å². The van der Waals surface area contributed by atoms with Crippen LogP contribution in [0.3, 0.4) is 0 Å². The van der Waals surface area contributed by atoms with Crippen LogP contribution in [0, 0.1) is 0 Å². The number of esters is 1. The second-order valence-electron chi connectivity index (χ2n) is 6.64. The number of hydrogen-bond donors (Lipinski definition) is 1. The van der Waals surface area contributed by atoms with Crippen molar-refractivity contribution in [1.82, 2.24) is 14.9 Å². The van der Waals surface area contributed by atoms with Gasteiger partial charge in [-0.3, -0.25) is 19.0 Å². The summed E-state index contributed by atoms with van der Waals surface area (Å²) in [5.41, 5.74) is 1.12. The van der Waals surface area contributed by atoms with Crippen LogP contribution in [-0.4, -0.2) is 34.6 Å². The van der Waals surface area contributed by atoms with Gasteiger partial charge in [-0.2, -0.15) is 0 Å². The second-order valence-corrected chi connectivity index (χ2v) is 7.73. The minimum Gasteiger partial charge on any atom is -0.466 e. The molecule has 27 heavy (non-hydrogen) atoms. The molecule has 1 aliphatic carbocycles. The molecule has 0 saturated heterocycles. The third kappa shape index (κ3) is 4.74. The van der Waals surface area contributed by atoms with Crippen molar-refractivity contribution < 1.29 is 14.3 Å². The molecule has 0 spiro atoms. The van der Waals surface area contributed by atoms with Crippen molar-refractivity contribution in [3.63, 3.8) is 0 Å². The molecule has 1 N–H and O–H groups in total. The molecule has 0 fully saturated rings. The fraction of sp³-hybridized carbons (Fsp3) is 0.579. The van der Waals surface area contributed by atoms with E-state index in [-0.39, 0.29) is 30.3 Å². The van der Waals surface area contributed by atoms with Crippen LogP contribution in [0.2, 0.25) is 0 Å². The second kappa shape index (κ2) is 9.12. The minimum atomic E-state index is -0.253. The molecular formula is C19H25N3O4S. The number of amides is 1. The third-order valence-electron chi connectivity index (χ3n) is 4.71. The van der Waals surface area contributed by atoms with Gasteiger partial charge in [0, 0.05) is 30.8 Å². The Hall–Kier alpha value is -2.22. The lowest BCUT2D eigenvalue weighted by Crippen LogP contribution is -2.28. The largest absolute Gasteiger partial charge is 0.466 e. The van der Waals surface area contributed by atoms with Gasteiger partial charge in [-0.25, -0.2) is 4.98 Å². The highest BCUT2D eigenvalue weighted by Gasteiger charge is 2.20. The maximum Gasteiger partial charge on any atom is 0.305 e. The summed E-state index contributed by atoms with van der Waals surface area (Å²) in [5, 5.41) is 3.51. The molecule has 7 nitrogen and oxygen atoms in total. The molecule has 0 aromatic carbocycles. The first-order valence-corrected chi connectivity index (χ1v) is 10.3. The molecule has 2 heterocycles. The zero-order valence-electron chi connectivity index (χ0n) is 15.6. The molecule has 0 atom stereocenters. The quantitative estimate of drug-likeness (QED) is 0.550. The van der Waals surface area contributed by atoms with E-state index in [1.165, 1.54) is 15.9 Å². The lowest BCUT2D eigenvalue weighted by Gasteiger charge is -2.10. The van der Waals surface area contributed by atoms with Gasteiger partial charge in [-0.05, 0) is 44.6 Å². The van der Waals surface area contributed by atoms with Gasteiger partial charge in [-0.15, -0.1) is 11.3 Å². The Bertz CT molecular complexity index is 887. The van der Waals surface area contributed by atoms with Crippen molar-refractivity contribution in [2.75, 3.05) is 13.2 Å². The SMILES string of the molecule is CCOC(=O)CCCNC(=O)CCn1cnc2sc3c(c2c1=O)CCCC3. The highest BCUT2D eigenvalue weighted by atomic mass is 32.1. The normalized spacial score (nSPS) is 13.4. The van der Waals surface area contributed by atoms with Crippen molar-refractivity contribution in [3.8, 4) is 0 Å². The van der Waals surface area contributed by atoms with Crippen LogP contribution in [0.15, 0.2) is 11.1 Å². The number of rotatable bonds is 8. The van der Waals surface area contributed by atoms with E-state index in [1.54, 1.807) is 24.6 Å². The standard InChI is InChI=1S/C19H25N3O4S/c1-2-26-16(24)8-5-10-20-15(23)9-11-22-12-21-18-17(19(22)25)13-6-3-4-7-14(13)27-18/h12H,2-11H2,1H3,(H,20,23). The number of nitrogens with zero attached hydrogens (tertiary/aromatic N) is 2. The van der Waals surface area contributed by atoms with Gasteiger partial charge in [0.2, 0.25) is 5.91 Å². The van der Waals surface area contributed by atoms with E-state index in [2.05, 4.69) is 10.3 Å². The molecule has 1 amide bonds. The summed E-state index contributed by atoms with van der Waals surface area (Å²) in [6, 6.07) is 0. The number of carbonyl (C=O) groups excluding carboxylic acids is 2. The monoisotopic (exact) mass is 391 g/mol. The molecule has 0 unspecified atom stereocenters. The third-order valence-corrected chi connectivity index (χ3v) is 5.91. The number of fused-ring (bicyclic) bond motifs is 3. The Kier molecular flexibility index (Phi) is 6.60. The summed E-state index contributed by atoms with van der Waals surface area (Å²) in [6.07, 6.45) is 6.84. The zero-order chi connectivity index (χ0) is 19.2. The van der Waals surface area contributed by atoms with E-state index in [9.17, 15) is 14.4 Å². The van der Waals surface area contributed by atoms with Crippen LogP contribution in [0.4, 0.5) is 0 Å². The number of aryl methyl sites for hydroxylation is 3. The van der Waals surface area contributed by atoms with Gasteiger partial charge in [-0.1, -0.05) is 0 Å². The number of thiophene rings is 1. The Morgan fingerprint density at radius 1 is 1.30 bits per heavy atom. The number of aromatic nitrogens is 2. The van der Waals surface area contributed by atoms with E-state index >= 15 is 0 Å². The summed E-state index contributed by atoms with van der Waals surface area (Å²) in [5.74, 6) is -0.394. The van der Waals surface area contributed by atoms with Gasteiger partial charge < -0.3 is 10.1 Å². The van der Waals surface area contributed by atoms with E-state index in [4.69, 9.17) is 4.74 Å². The van der Waals surface area contributed by atoms with Crippen molar-refractivity contribution in [2.45, 2.75) is 58.4 Å². The molecule has 0 saturated carbocycles. The average molecular weight is 391 g/mol. The maximum atomic E-state index is 12.8. The molecule has 2 aromatic rings. The summed E-state index contributed by atoms with van der Waals surface area (Å²) >= 11 is 1.62. The first-order valence-electron chi connectivity index (χ1n) is 9.52. The number of ether oxygens (including phenoxy) is 1. The number of hydrogen-bond acceptors (Lipinski definition) is 6. The first-order chi connectivity index (χ1) is 13.1. The van der Waals surface area contributed by atoms with E-state index in [0.717, 1.165) is 35.0 Å². The van der Waals surface area contributed by atoms with Gasteiger partial charge >= 0.3 is 5.97 Å². The van der Waals surface area contributed by atoms with Crippen molar-refractivity contribution in [1.29, 1.82) is 0 Å². The zero-order valence-corrected chi connectivity index (χ0v) is 16.4. The molecule has 2 aromatic heterocycles. The van der Waals surface area contributed by atoms with Crippen molar-refractivity contribution >= 4 is 33.4 Å². The van der Waals surface area contributed by atoms with Gasteiger partial charge in [0.05, 0.1) is 18.3 Å². The molecule has 3 rings (SSSR count). The van der Waals surface area contributed by atoms with Crippen molar-refractivity contribution in [3.05, 3.63) is 27.1 Å². The van der Waals surface area contributed by atoms with Gasteiger partial charge in [0.15, 0.2) is 0 Å². The van der Waals surface area contributed by atoms with Crippen LogP contribution >= 0.6 is 11.3 Å². The van der Waals surface area contributed by atoms with Crippen LogP contribution in [-0.2, 0) is 33.7 Å². The topological polar surface area (TPSA) is 90.3 Å². The Balaban J connectivity index is 1.54. The highest BCUT2D eigenvalue weighted by molar-refractivity contribution is 7.18. The molecule has 0 bridgehead atoms. The Morgan fingerprint density at radius 2 is 2.11 bits per heavy atom. The minimum absolute atomic E-state index is 0.0467. The maximum absolute atomic E-state index is 12.8. The molecular weight excluding hydrogens is 366 g/mol.